The highest BCUT2D eigenvalue weighted by molar-refractivity contribution is 5.93. The summed E-state index contributed by atoms with van der Waals surface area (Å²) in [5.41, 5.74) is 7.68. The Kier molecular flexibility index (Phi) is 2.97. The lowest BCUT2D eigenvalue weighted by atomic mass is 10.1. The Morgan fingerprint density at radius 3 is 2.44 bits per heavy atom. The molecule has 0 unspecified atom stereocenters. The van der Waals surface area contributed by atoms with Crippen LogP contribution >= 0.6 is 0 Å². The van der Waals surface area contributed by atoms with E-state index >= 15 is 0 Å². The number of nitrogens with two attached hydrogens (primary N) is 1. The van der Waals surface area contributed by atoms with Gasteiger partial charge < -0.3 is 10.6 Å². The van der Waals surface area contributed by atoms with Crippen LogP contribution < -0.4 is 5.73 Å². The van der Waals surface area contributed by atoms with E-state index in [1.807, 2.05) is 12.1 Å². The standard InChI is InChI=1S/C13H18N2O/c1-15(2)13(16)10-5-3-9(4-6-10)12-7-11(12)8-14/h3-6,11-12H,7-8,14H2,1-2H3/t11-,12-/m0/s1. The minimum Gasteiger partial charge on any atom is -0.345 e. The molecule has 0 heterocycles. The minimum absolute atomic E-state index is 0.0534. The minimum atomic E-state index is 0.0534. The van der Waals surface area contributed by atoms with Gasteiger partial charge in [-0.3, -0.25) is 4.79 Å². The van der Waals surface area contributed by atoms with Crippen molar-refractivity contribution in [3.8, 4) is 0 Å². The molecule has 3 heteroatoms. The number of amides is 1. The summed E-state index contributed by atoms with van der Waals surface area (Å²) in [7, 11) is 3.53. The molecule has 1 aliphatic rings. The molecule has 16 heavy (non-hydrogen) atoms. The maximum absolute atomic E-state index is 11.7. The SMILES string of the molecule is CN(C)C(=O)c1ccc([C@@H]2C[C@H]2CN)cc1. The van der Waals surface area contributed by atoms with E-state index in [1.54, 1.807) is 19.0 Å². The van der Waals surface area contributed by atoms with Gasteiger partial charge in [-0.05, 0) is 42.5 Å². The molecule has 1 saturated carbocycles. The van der Waals surface area contributed by atoms with Crippen LogP contribution in [0.2, 0.25) is 0 Å². The molecule has 1 aliphatic carbocycles. The molecule has 3 nitrogen and oxygen atoms in total. The zero-order valence-electron chi connectivity index (χ0n) is 9.81. The molecule has 0 aromatic heterocycles. The van der Waals surface area contributed by atoms with Crippen molar-refractivity contribution in [1.82, 2.24) is 4.90 Å². The number of hydrogen-bond acceptors (Lipinski definition) is 2. The van der Waals surface area contributed by atoms with Crippen LogP contribution in [-0.4, -0.2) is 31.4 Å². The molecule has 0 radical (unpaired) electrons. The van der Waals surface area contributed by atoms with Crippen LogP contribution in [0.1, 0.15) is 28.3 Å². The van der Waals surface area contributed by atoms with Gasteiger partial charge in [0.1, 0.15) is 0 Å². The molecule has 0 spiro atoms. The van der Waals surface area contributed by atoms with Gasteiger partial charge >= 0.3 is 0 Å². The Labute approximate surface area is 96.2 Å². The van der Waals surface area contributed by atoms with Crippen molar-refractivity contribution < 1.29 is 4.79 Å². The van der Waals surface area contributed by atoms with E-state index in [2.05, 4.69) is 12.1 Å². The van der Waals surface area contributed by atoms with Crippen molar-refractivity contribution in [1.29, 1.82) is 0 Å². The van der Waals surface area contributed by atoms with E-state index < -0.39 is 0 Å². The van der Waals surface area contributed by atoms with Crippen LogP contribution in [0, 0.1) is 5.92 Å². The second-order valence-electron chi connectivity index (χ2n) is 4.66. The quantitative estimate of drug-likeness (QED) is 0.834. The molecule has 2 atom stereocenters. The fraction of sp³-hybridized carbons (Fsp3) is 0.462. The van der Waals surface area contributed by atoms with E-state index in [0.717, 1.165) is 12.1 Å². The molecule has 2 rings (SSSR count). The van der Waals surface area contributed by atoms with Crippen molar-refractivity contribution in [2.75, 3.05) is 20.6 Å². The lowest BCUT2D eigenvalue weighted by molar-refractivity contribution is 0.0827. The van der Waals surface area contributed by atoms with Gasteiger partial charge in [0.05, 0.1) is 0 Å². The molecule has 1 amide bonds. The van der Waals surface area contributed by atoms with Gasteiger partial charge in [0, 0.05) is 19.7 Å². The molecule has 0 aliphatic heterocycles. The van der Waals surface area contributed by atoms with Gasteiger partial charge in [0.25, 0.3) is 5.91 Å². The number of carbonyl (C=O) groups is 1. The molecule has 86 valence electrons. The monoisotopic (exact) mass is 218 g/mol. The summed E-state index contributed by atoms with van der Waals surface area (Å²) >= 11 is 0. The molecule has 1 aromatic rings. The summed E-state index contributed by atoms with van der Waals surface area (Å²) in [6.45, 7) is 0.767. The average Bonchev–Trinajstić information content (AvgIpc) is 3.07. The van der Waals surface area contributed by atoms with Gasteiger partial charge in [-0.15, -0.1) is 0 Å². The molecule has 2 N–H and O–H groups in total. The number of hydrogen-bond donors (Lipinski definition) is 1. The third-order valence-electron chi connectivity index (χ3n) is 3.22. The summed E-state index contributed by atoms with van der Waals surface area (Å²) in [6.07, 6.45) is 1.19. The van der Waals surface area contributed by atoms with Crippen molar-refractivity contribution >= 4 is 5.91 Å². The maximum atomic E-state index is 11.7. The fourth-order valence-corrected chi connectivity index (χ4v) is 2.05. The topological polar surface area (TPSA) is 46.3 Å². The van der Waals surface area contributed by atoms with Gasteiger partial charge in [-0.1, -0.05) is 12.1 Å². The van der Waals surface area contributed by atoms with Crippen molar-refractivity contribution in [3.05, 3.63) is 35.4 Å². The highest BCUT2D eigenvalue weighted by atomic mass is 16.2. The average molecular weight is 218 g/mol. The van der Waals surface area contributed by atoms with E-state index in [0.29, 0.717) is 11.8 Å². The van der Waals surface area contributed by atoms with Crippen LogP contribution in [-0.2, 0) is 0 Å². The van der Waals surface area contributed by atoms with E-state index in [-0.39, 0.29) is 5.91 Å². The number of rotatable bonds is 3. The van der Waals surface area contributed by atoms with Gasteiger partial charge in [-0.25, -0.2) is 0 Å². The molecular weight excluding hydrogens is 200 g/mol. The molecule has 0 saturated heterocycles. The predicted molar refractivity (Wildman–Crippen MR) is 64.4 cm³/mol. The first-order chi connectivity index (χ1) is 7.63. The van der Waals surface area contributed by atoms with Gasteiger partial charge in [0.2, 0.25) is 0 Å². The first-order valence-electron chi connectivity index (χ1n) is 5.65. The van der Waals surface area contributed by atoms with Crippen molar-refractivity contribution in [2.24, 2.45) is 11.7 Å². The third-order valence-corrected chi connectivity index (χ3v) is 3.22. The number of nitrogens with zero attached hydrogens (tertiary/aromatic N) is 1. The summed E-state index contributed by atoms with van der Waals surface area (Å²) in [6, 6.07) is 7.92. The summed E-state index contributed by atoms with van der Waals surface area (Å²) in [5, 5.41) is 0. The van der Waals surface area contributed by atoms with Crippen molar-refractivity contribution in [2.45, 2.75) is 12.3 Å². The van der Waals surface area contributed by atoms with E-state index in [4.69, 9.17) is 5.73 Å². The molecule has 1 fully saturated rings. The second kappa shape index (κ2) is 4.26. The predicted octanol–water partition coefficient (Wildman–Crippen LogP) is 1.45. The van der Waals surface area contributed by atoms with E-state index in [1.165, 1.54) is 12.0 Å². The lowest BCUT2D eigenvalue weighted by Crippen LogP contribution is -2.21. The maximum Gasteiger partial charge on any atom is 0.253 e. The summed E-state index contributed by atoms with van der Waals surface area (Å²) in [5.74, 6) is 1.32. The first kappa shape index (κ1) is 11.1. The highest BCUT2D eigenvalue weighted by Gasteiger charge is 2.36. The largest absolute Gasteiger partial charge is 0.345 e. The Balaban J connectivity index is 2.08. The Bertz CT molecular complexity index is 383. The fourth-order valence-electron chi connectivity index (χ4n) is 2.05. The number of benzene rings is 1. The molecular formula is C13H18N2O. The van der Waals surface area contributed by atoms with Crippen LogP contribution in [0.15, 0.2) is 24.3 Å². The summed E-state index contributed by atoms with van der Waals surface area (Å²) in [4.78, 5) is 13.3. The van der Waals surface area contributed by atoms with Gasteiger partial charge in [0.15, 0.2) is 0 Å². The highest BCUT2D eigenvalue weighted by Crippen LogP contribution is 2.46. The zero-order chi connectivity index (χ0) is 11.7. The smallest absolute Gasteiger partial charge is 0.253 e. The lowest BCUT2D eigenvalue weighted by Gasteiger charge is -2.10. The molecule has 1 aromatic carbocycles. The third kappa shape index (κ3) is 2.09. The van der Waals surface area contributed by atoms with Crippen LogP contribution in [0.25, 0.3) is 0 Å². The van der Waals surface area contributed by atoms with Crippen molar-refractivity contribution in [3.63, 3.8) is 0 Å². The van der Waals surface area contributed by atoms with Crippen LogP contribution in [0.3, 0.4) is 0 Å². The Hall–Kier alpha value is -1.35. The van der Waals surface area contributed by atoms with E-state index in [9.17, 15) is 4.79 Å². The zero-order valence-corrected chi connectivity index (χ0v) is 9.81. The van der Waals surface area contributed by atoms with Crippen LogP contribution in [0.4, 0.5) is 0 Å². The first-order valence-corrected chi connectivity index (χ1v) is 5.65. The van der Waals surface area contributed by atoms with Gasteiger partial charge in [-0.2, -0.15) is 0 Å². The Morgan fingerprint density at radius 1 is 1.38 bits per heavy atom. The van der Waals surface area contributed by atoms with Crippen LogP contribution in [0.5, 0.6) is 0 Å². The number of carbonyl (C=O) groups excluding carboxylic acids is 1. The molecule has 0 bridgehead atoms. The summed E-state index contributed by atoms with van der Waals surface area (Å²) < 4.78 is 0. The Morgan fingerprint density at radius 2 is 2.00 bits per heavy atom. The second-order valence-corrected chi connectivity index (χ2v) is 4.66. The normalized spacial score (nSPS) is 22.9.